The second-order valence-corrected chi connectivity index (χ2v) is 13.0. The summed E-state index contributed by atoms with van der Waals surface area (Å²) in [6, 6.07) is 8.41. The molecule has 5 rings (SSSR count). The Morgan fingerprint density at radius 3 is 2.22 bits per heavy atom. The molecule has 19 nitrogen and oxygen atoms in total. The number of aliphatic hydroxyl groups excluding tert-OH is 7. The normalized spacial score (nSPS) is 35.9. The average Bonchev–Trinajstić information content (AvgIpc) is 3.15. The van der Waals surface area contributed by atoms with Crippen molar-refractivity contribution in [3.8, 4) is 23.0 Å². The van der Waals surface area contributed by atoms with E-state index in [1.54, 1.807) is 0 Å². The minimum atomic E-state index is -1.81. The van der Waals surface area contributed by atoms with Gasteiger partial charge in [0.2, 0.25) is 0 Å². The minimum Gasteiger partial charge on any atom is -0.504 e. The number of carbonyl (C=O) groups excluding carboxylic acids is 1. The summed E-state index contributed by atoms with van der Waals surface area (Å²) >= 11 is 0. The van der Waals surface area contributed by atoms with E-state index in [9.17, 15) is 55.9 Å². The van der Waals surface area contributed by atoms with E-state index in [4.69, 9.17) is 37.9 Å². The van der Waals surface area contributed by atoms with Gasteiger partial charge in [0.1, 0.15) is 54.9 Å². The zero-order chi connectivity index (χ0) is 39.3. The van der Waals surface area contributed by atoms with E-state index < -0.39 is 105 Å². The molecule has 0 amide bonds. The number of ether oxygens (including phenoxy) is 8. The summed E-state index contributed by atoms with van der Waals surface area (Å²) in [5, 5.41) is 104. The summed E-state index contributed by atoms with van der Waals surface area (Å²) in [6.45, 7) is 0.0235. The summed E-state index contributed by atoms with van der Waals surface area (Å²) in [5.74, 6) is -1.67. The highest BCUT2D eigenvalue weighted by Crippen LogP contribution is 2.34. The number of benzene rings is 2. The SMILES string of the molecule is COc1cc(/C=C\C(=O)O[C@H]2[C@H](O[C@H]3O[C@@H](C)[C@H](O)[C@@H](O)[C@H]3O[C@H]3OC[C@H](O)[C@@H](O)[C@H]3O)[C@@H](O)[C@H](OCCc3ccc(O)c(O)c3)O[C@@H]2CO)ccc1O. The monoisotopic (exact) mass is 770 g/mol. The molecule has 0 radical (unpaired) electrons. The Hall–Kier alpha value is -3.67. The summed E-state index contributed by atoms with van der Waals surface area (Å²) in [5.41, 5.74) is 0.985. The fraction of sp³-hybridized carbons (Fsp3) is 0.571. The number of carbonyl (C=O) groups is 1. The maximum absolute atomic E-state index is 13.2. The van der Waals surface area contributed by atoms with Gasteiger partial charge in [-0.2, -0.15) is 0 Å². The topological polar surface area (TPSA) is 293 Å². The molecule has 0 spiro atoms. The van der Waals surface area contributed by atoms with Crippen LogP contribution in [0.3, 0.4) is 0 Å². The molecule has 3 aliphatic rings. The third-order valence-corrected chi connectivity index (χ3v) is 9.20. The van der Waals surface area contributed by atoms with Crippen molar-refractivity contribution in [2.24, 2.45) is 0 Å². The number of phenols is 3. The molecule has 14 atom stereocenters. The van der Waals surface area contributed by atoms with E-state index in [0.29, 0.717) is 11.1 Å². The molecule has 3 heterocycles. The third-order valence-electron chi connectivity index (χ3n) is 9.20. The van der Waals surface area contributed by atoms with Crippen molar-refractivity contribution >= 4 is 12.0 Å². The first-order valence-electron chi connectivity index (χ1n) is 17.0. The first-order chi connectivity index (χ1) is 25.7. The van der Waals surface area contributed by atoms with Gasteiger partial charge in [-0.15, -0.1) is 0 Å². The van der Waals surface area contributed by atoms with Crippen molar-refractivity contribution in [3.63, 3.8) is 0 Å². The molecule has 0 saturated carbocycles. The van der Waals surface area contributed by atoms with Crippen LogP contribution in [0.25, 0.3) is 6.08 Å². The minimum absolute atomic E-state index is 0.126. The molecule has 2 aromatic carbocycles. The molecular formula is C35H46O19. The molecule has 3 fully saturated rings. The predicted octanol–water partition coefficient (Wildman–Crippen LogP) is -2.25. The second-order valence-electron chi connectivity index (χ2n) is 13.0. The largest absolute Gasteiger partial charge is 0.504 e. The fourth-order valence-corrected chi connectivity index (χ4v) is 6.10. The van der Waals surface area contributed by atoms with Gasteiger partial charge in [-0.05, 0) is 54.8 Å². The van der Waals surface area contributed by atoms with Gasteiger partial charge in [0, 0.05) is 6.08 Å². The van der Waals surface area contributed by atoms with Gasteiger partial charge in [-0.3, -0.25) is 0 Å². The lowest BCUT2D eigenvalue weighted by Gasteiger charge is -2.48. The molecule has 19 heteroatoms. The molecule has 10 N–H and O–H groups in total. The van der Waals surface area contributed by atoms with Crippen LogP contribution < -0.4 is 4.74 Å². The van der Waals surface area contributed by atoms with E-state index in [-0.39, 0.29) is 36.0 Å². The smallest absolute Gasteiger partial charge is 0.331 e. The summed E-state index contributed by atoms with van der Waals surface area (Å²) < 4.78 is 45.4. The lowest BCUT2D eigenvalue weighted by Crippen LogP contribution is -2.66. The Bertz CT molecular complexity index is 1570. The van der Waals surface area contributed by atoms with Crippen LogP contribution in [0.15, 0.2) is 42.5 Å². The van der Waals surface area contributed by atoms with Crippen molar-refractivity contribution in [2.75, 3.05) is 26.9 Å². The number of aromatic hydroxyl groups is 3. The van der Waals surface area contributed by atoms with Crippen molar-refractivity contribution < 1.29 is 93.8 Å². The Kier molecular flexibility index (Phi) is 14.1. The Morgan fingerprint density at radius 2 is 1.52 bits per heavy atom. The van der Waals surface area contributed by atoms with Crippen molar-refractivity contribution in [1.29, 1.82) is 0 Å². The van der Waals surface area contributed by atoms with E-state index in [1.165, 1.54) is 56.5 Å². The Labute approximate surface area is 308 Å². The predicted molar refractivity (Wildman–Crippen MR) is 179 cm³/mol. The number of rotatable bonds is 13. The summed E-state index contributed by atoms with van der Waals surface area (Å²) in [6.07, 6.45) is -19.9. The molecule has 2 aromatic rings. The fourth-order valence-electron chi connectivity index (χ4n) is 6.10. The van der Waals surface area contributed by atoms with Gasteiger partial charge in [0.15, 0.2) is 48.0 Å². The Morgan fingerprint density at radius 1 is 0.796 bits per heavy atom. The van der Waals surface area contributed by atoms with Crippen LogP contribution >= 0.6 is 0 Å². The number of hydrogen-bond donors (Lipinski definition) is 10. The number of aliphatic hydroxyl groups is 7. The molecule has 0 aliphatic carbocycles. The summed E-state index contributed by atoms with van der Waals surface area (Å²) in [7, 11) is 1.35. The zero-order valence-electron chi connectivity index (χ0n) is 29.2. The number of hydrogen-bond acceptors (Lipinski definition) is 19. The molecule has 300 valence electrons. The molecular weight excluding hydrogens is 724 g/mol. The van der Waals surface area contributed by atoms with Crippen LogP contribution in [0, 0.1) is 0 Å². The van der Waals surface area contributed by atoms with Crippen molar-refractivity contribution in [1.82, 2.24) is 0 Å². The number of phenolic OH excluding ortho intramolecular Hbond substituents is 3. The zero-order valence-corrected chi connectivity index (χ0v) is 29.2. The molecule has 0 aromatic heterocycles. The summed E-state index contributed by atoms with van der Waals surface area (Å²) in [4.78, 5) is 13.2. The average molecular weight is 771 g/mol. The van der Waals surface area contributed by atoms with Gasteiger partial charge in [-0.25, -0.2) is 4.79 Å². The van der Waals surface area contributed by atoms with Crippen LogP contribution in [0.4, 0.5) is 0 Å². The van der Waals surface area contributed by atoms with Gasteiger partial charge in [0.05, 0.1) is 33.0 Å². The van der Waals surface area contributed by atoms with Gasteiger partial charge < -0.3 is 89.0 Å². The van der Waals surface area contributed by atoms with Crippen LogP contribution in [0.5, 0.6) is 23.0 Å². The van der Waals surface area contributed by atoms with Gasteiger partial charge in [-0.1, -0.05) is 12.1 Å². The third kappa shape index (κ3) is 9.58. The molecule has 3 saturated heterocycles. The van der Waals surface area contributed by atoms with Crippen LogP contribution in [-0.4, -0.2) is 170 Å². The first-order valence-corrected chi connectivity index (χ1v) is 17.0. The highest BCUT2D eigenvalue weighted by Gasteiger charge is 2.54. The van der Waals surface area contributed by atoms with Gasteiger partial charge >= 0.3 is 5.97 Å². The first kappa shape index (κ1) is 41.5. The van der Waals surface area contributed by atoms with Crippen molar-refractivity contribution in [2.45, 2.75) is 99.4 Å². The lowest BCUT2D eigenvalue weighted by atomic mass is 9.96. The van der Waals surface area contributed by atoms with E-state index in [2.05, 4.69) is 0 Å². The van der Waals surface area contributed by atoms with E-state index in [1.807, 2.05) is 0 Å². The molecule has 0 unspecified atom stereocenters. The highest BCUT2D eigenvalue weighted by molar-refractivity contribution is 5.87. The van der Waals surface area contributed by atoms with Gasteiger partial charge in [0.25, 0.3) is 0 Å². The van der Waals surface area contributed by atoms with Crippen molar-refractivity contribution in [3.05, 3.63) is 53.6 Å². The Balaban J connectivity index is 1.40. The van der Waals surface area contributed by atoms with Crippen LogP contribution in [0.2, 0.25) is 0 Å². The molecule has 54 heavy (non-hydrogen) atoms. The van der Waals surface area contributed by atoms with Crippen LogP contribution in [0.1, 0.15) is 18.1 Å². The van der Waals surface area contributed by atoms with E-state index in [0.717, 1.165) is 6.08 Å². The maximum Gasteiger partial charge on any atom is 0.331 e. The highest BCUT2D eigenvalue weighted by atomic mass is 16.8. The number of methoxy groups -OCH3 is 1. The number of esters is 1. The lowest BCUT2D eigenvalue weighted by molar-refractivity contribution is -0.381. The molecule has 0 bridgehead atoms. The molecule has 3 aliphatic heterocycles. The van der Waals surface area contributed by atoms with E-state index >= 15 is 0 Å². The van der Waals surface area contributed by atoms with Crippen LogP contribution in [-0.2, 0) is 44.4 Å². The maximum atomic E-state index is 13.2. The second kappa shape index (κ2) is 18.3. The quantitative estimate of drug-likeness (QED) is 0.0585. The standard InChI is InChI=1S/C35H46O19/c1-15-25(42)27(44)32(54-33-28(45)26(43)21(40)14-49-33)35(50-15)53-31-29(46)34(48-10-9-17-3-6-18(37)20(39)11-17)51-23(13-36)30(31)52-24(41)8-5-16-4-7-19(38)22(12-16)47-2/h3-8,11-12,15,21,23,25-40,42-46H,9-10,13-14H2,1-2H3/b8-5-/t15-,21-,23+,25-,26+,27+,28+,29+,30+,31+,32+,33+,34+,35+/m0/s1.